The fourth-order valence-corrected chi connectivity index (χ4v) is 3.13. The van der Waals surface area contributed by atoms with Crippen LogP contribution in [0.4, 0.5) is 6.01 Å². The van der Waals surface area contributed by atoms with E-state index in [1.165, 1.54) is 0 Å². The molecule has 0 N–H and O–H groups in total. The first kappa shape index (κ1) is 16.3. The Morgan fingerprint density at radius 2 is 1.54 bits per heavy atom. The summed E-state index contributed by atoms with van der Waals surface area (Å²) in [5.41, 5.74) is 2.97. The van der Waals surface area contributed by atoms with E-state index in [9.17, 15) is 4.79 Å². The van der Waals surface area contributed by atoms with Crippen LogP contribution in [0.5, 0.6) is 0 Å². The second-order valence-corrected chi connectivity index (χ2v) is 6.33. The molecule has 0 saturated carbocycles. The maximum Gasteiger partial charge on any atom is 0.318 e. The van der Waals surface area contributed by atoms with Crippen molar-refractivity contribution in [2.45, 2.75) is 6.92 Å². The number of piperazine rings is 1. The highest BCUT2D eigenvalue weighted by Crippen LogP contribution is 2.21. The number of anilines is 1. The van der Waals surface area contributed by atoms with Crippen LogP contribution in [0.25, 0.3) is 11.1 Å². The summed E-state index contributed by atoms with van der Waals surface area (Å²) in [6.45, 7) is 4.43. The maximum atomic E-state index is 12.8. The van der Waals surface area contributed by atoms with Crippen molar-refractivity contribution in [3.8, 4) is 11.1 Å². The molecule has 2 aromatic carbocycles. The van der Waals surface area contributed by atoms with Gasteiger partial charge in [0.05, 0.1) is 0 Å². The van der Waals surface area contributed by atoms with Crippen LogP contribution >= 0.6 is 0 Å². The largest absolute Gasteiger partial charge is 0.408 e. The number of carbonyl (C=O) groups is 1. The zero-order valence-corrected chi connectivity index (χ0v) is 14.6. The number of benzene rings is 2. The van der Waals surface area contributed by atoms with Crippen LogP contribution in [0.3, 0.4) is 0 Å². The maximum absolute atomic E-state index is 12.8. The highest BCUT2D eigenvalue weighted by molar-refractivity contribution is 5.94. The Labute approximate surface area is 152 Å². The molecular weight excluding hydrogens is 328 g/mol. The lowest BCUT2D eigenvalue weighted by Crippen LogP contribution is -2.48. The number of nitrogens with zero attached hydrogens (tertiary/aromatic N) is 4. The van der Waals surface area contributed by atoms with Crippen molar-refractivity contribution < 1.29 is 9.21 Å². The van der Waals surface area contributed by atoms with Gasteiger partial charge in [0.15, 0.2) is 0 Å². The molecule has 1 saturated heterocycles. The van der Waals surface area contributed by atoms with Crippen LogP contribution in [0, 0.1) is 6.92 Å². The number of hydrogen-bond acceptors (Lipinski definition) is 5. The van der Waals surface area contributed by atoms with Crippen LogP contribution in [0.15, 0.2) is 59.0 Å². The average molecular weight is 348 g/mol. The predicted molar refractivity (Wildman–Crippen MR) is 99.0 cm³/mol. The number of hydrogen-bond donors (Lipinski definition) is 0. The van der Waals surface area contributed by atoms with Crippen molar-refractivity contribution >= 4 is 11.9 Å². The van der Waals surface area contributed by atoms with Gasteiger partial charge >= 0.3 is 6.01 Å². The van der Waals surface area contributed by atoms with E-state index in [2.05, 4.69) is 22.3 Å². The molecular formula is C20H20N4O2. The summed E-state index contributed by atoms with van der Waals surface area (Å²) in [6.07, 6.45) is 0. The van der Waals surface area contributed by atoms with Gasteiger partial charge in [-0.15, -0.1) is 5.10 Å². The van der Waals surface area contributed by atoms with Gasteiger partial charge in [-0.25, -0.2) is 0 Å². The molecule has 0 aliphatic carbocycles. The summed E-state index contributed by atoms with van der Waals surface area (Å²) >= 11 is 0. The van der Waals surface area contributed by atoms with Crippen LogP contribution < -0.4 is 4.90 Å². The molecule has 0 bridgehead atoms. The summed E-state index contributed by atoms with van der Waals surface area (Å²) in [7, 11) is 0. The first-order valence-corrected chi connectivity index (χ1v) is 8.70. The Bertz CT molecular complexity index is 882. The Morgan fingerprint density at radius 1 is 0.885 bits per heavy atom. The average Bonchev–Trinajstić information content (AvgIpc) is 3.15. The molecule has 0 atom stereocenters. The molecule has 0 radical (unpaired) electrons. The van der Waals surface area contributed by atoms with Gasteiger partial charge in [-0.3, -0.25) is 4.79 Å². The molecule has 132 valence electrons. The predicted octanol–water partition coefficient (Wildman–Crippen LogP) is 3.01. The highest BCUT2D eigenvalue weighted by Gasteiger charge is 2.24. The molecule has 6 nitrogen and oxygen atoms in total. The zero-order valence-electron chi connectivity index (χ0n) is 14.6. The van der Waals surface area contributed by atoms with Gasteiger partial charge in [0.25, 0.3) is 5.91 Å². The van der Waals surface area contributed by atoms with E-state index < -0.39 is 0 Å². The Balaban J connectivity index is 1.40. The smallest absolute Gasteiger partial charge is 0.318 e. The first-order valence-electron chi connectivity index (χ1n) is 8.70. The van der Waals surface area contributed by atoms with Gasteiger partial charge in [-0.05, 0) is 23.3 Å². The number of rotatable bonds is 3. The van der Waals surface area contributed by atoms with E-state index >= 15 is 0 Å². The number of aryl methyl sites for hydroxylation is 1. The molecule has 1 aliphatic heterocycles. The molecule has 1 aliphatic rings. The summed E-state index contributed by atoms with van der Waals surface area (Å²) in [5, 5.41) is 7.90. The van der Waals surface area contributed by atoms with Crippen LogP contribution in [-0.2, 0) is 0 Å². The van der Waals surface area contributed by atoms with Crippen LogP contribution in [-0.4, -0.2) is 47.2 Å². The lowest BCUT2D eigenvalue weighted by Gasteiger charge is -2.33. The van der Waals surface area contributed by atoms with Crippen molar-refractivity contribution in [3.05, 3.63) is 66.1 Å². The van der Waals surface area contributed by atoms with Gasteiger partial charge in [0, 0.05) is 38.7 Å². The monoisotopic (exact) mass is 348 g/mol. The fourth-order valence-electron chi connectivity index (χ4n) is 3.13. The molecule has 0 unspecified atom stereocenters. The van der Waals surface area contributed by atoms with E-state index in [0.29, 0.717) is 43.6 Å². The summed E-state index contributed by atoms with van der Waals surface area (Å²) < 4.78 is 5.46. The van der Waals surface area contributed by atoms with E-state index in [1.807, 2.05) is 52.3 Å². The Morgan fingerprint density at radius 3 is 2.15 bits per heavy atom. The van der Waals surface area contributed by atoms with E-state index in [0.717, 1.165) is 11.1 Å². The molecule has 6 heteroatoms. The molecule has 26 heavy (non-hydrogen) atoms. The SMILES string of the molecule is Cc1nnc(N2CCN(C(=O)c3ccc(-c4ccccc4)cc3)CC2)o1. The molecule has 2 heterocycles. The molecule has 1 fully saturated rings. The molecule has 3 aromatic rings. The van der Waals surface area contributed by atoms with Gasteiger partial charge < -0.3 is 14.2 Å². The van der Waals surface area contributed by atoms with E-state index in [4.69, 9.17) is 4.42 Å². The Kier molecular flexibility index (Phi) is 4.39. The number of aromatic nitrogens is 2. The summed E-state index contributed by atoms with van der Waals surface area (Å²) in [6, 6.07) is 18.5. The summed E-state index contributed by atoms with van der Waals surface area (Å²) in [4.78, 5) is 16.6. The zero-order chi connectivity index (χ0) is 17.9. The third kappa shape index (κ3) is 3.31. The second kappa shape index (κ2) is 7.00. The topological polar surface area (TPSA) is 62.5 Å². The quantitative estimate of drug-likeness (QED) is 0.728. The van der Waals surface area contributed by atoms with Crippen molar-refractivity contribution in [1.82, 2.24) is 15.1 Å². The Hall–Kier alpha value is -3.15. The third-order valence-electron chi connectivity index (χ3n) is 4.59. The van der Waals surface area contributed by atoms with Gasteiger partial charge in [-0.1, -0.05) is 47.6 Å². The lowest BCUT2D eigenvalue weighted by molar-refractivity contribution is 0.0745. The minimum atomic E-state index is 0.0611. The molecule has 1 aromatic heterocycles. The van der Waals surface area contributed by atoms with Crippen LogP contribution in [0.1, 0.15) is 16.2 Å². The number of amides is 1. The van der Waals surface area contributed by atoms with Gasteiger partial charge in [0.1, 0.15) is 0 Å². The first-order chi connectivity index (χ1) is 12.7. The van der Waals surface area contributed by atoms with E-state index in [-0.39, 0.29) is 5.91 Å². The van der Waals surface area contributed by atoms with Crippen molar-refractivity contribution in [2.75, 3.05) is 31.1 Å². The fraction of sp³-hybridized carbons (Fsp3) is 0.250. The second-order valence-electron chi connectivity index (χ2n) is 6.33. The van der Waals surface area contributed by atoms with Crippen molar-refractivity contribution in [3.63, 3.8) is 0 Å². The third-order valence-corrected chi connectivity index (χ3v) is 4.59. The minimum absolute atomic E-state index is 0.0611. The molecule has 0 spiro atoms. The molecule has 4 rings (SSSR count). The highest BCUT2D eigenvalue weighted by atomic mass is 16.4. The van der Waals surface area contributed by atoms with Gasteiger partial charge in [-0.2, -0.15) is 0 Å². The summed E-state index contributed by atoms with van der Waals surface area (Å²) in [5.74, 6) is 0.614. The van der Waals surface area contributed by atoms with Crippen molar-refractivity contribution in [2.24, 2.45) is 0 Å². The standard InChI is InChI=1S/C20H20N4O2/c1-15-21-22-20(26-15)24-13-11-23(12-14-24)19(25)18-9-7-17(8-10-18)16-5-3-2-4-6-16/h2-10H,11-14H2,1H3. The van der Waals surface area contributed by atoms with Gasteiger partial charge in [0.2, 0.25) is 5.89 Å². The normalized spacial score (nSPS) is 14.5. The minimum Gasteiger partial charge on any atom is -0.408 e. The van der Waals surface area contributed by atoms with Crippen molar-refractivity contribution in [1.29, 1.82) is 0 Å². The van der Waals surface area contributed by atoms with Crippen LogP contribution in [0.2, 0.25) is 0 Å². The lowest BCUT2D eigenvalue weighted by atomic mass is 10.0. The number of carbonyl (C=O) groups excluding carboxylic acids is 1. The van der Waals surface area contributed by atoms with E-state index in [1.54, 1.807) is 6.92 Å². The molecule has 1 amide bonds.